The average molecular weight is 495 g/mol. The van der Waals surface area contributed by atoms with E-state index in [1.54, 1.807) is 0 Å². The van der Waals surface area contributed by atoms with Crippen molar-refractivity contribution in [3.63, 3.8) is 0 Å². The number of nitrogens with one attached hydrogen (secondary N) is 1. The van der Waals surface area contributed by atoms with Crippen LogP contribution in [-0.4, -0.2) is 5.91 Å². The van der Waals surface area contributed by atoms with Crippen LogP contribution in [-0.2, 0) is 0 Å². The largest absolute Gasteiger partial charge is 0.322 e. The van der Waals surface area contributed by atoms with Gasteiger partial charge < -0.3 is 5.32 Å². The highest BCUT2D eigenvalue weighted by molar-refractivity contribution is 14.1. The maximum absolute atomic E-state index is 12.3. The molecule has 1 N–H and O–H groups in total. The maximum atomic E-state index is 12.3. The molecule has 2 aromatic rings. The maximum Gasteiger partial charge on any atom is 0.256 e. The van der Waals surface area contributed by atoms with Crippen LogP contribution in [0.15, 0.2) is 45.3 Å². The highest BCUT2D eigenvalue weighted by Gasteiger charge is 2.11. The summed E-state index contributed by atoms with van der Waals surface area (Å²) in [6.45, 7) is 1.99. The van der Waals surface area contributed by atoms with Gasteiger partial charge in [0.25, 0.3) is 5.91 Å². The first kappa shape index (κ1) is 15.0. The fraction of sp³-hybridized carbons (Fsp3) is 0.0714. The van der Waals surface area contributed by atoms with E-state index in [2.05, 4.69) is 59.8 Å². The molecule has 5 heteroatoms. The number of hydrogen-bond acceptors (Lipinski definition) is 1. The van der Waals surface area contributed by atoms with E-state index in [9.17, 15) is 4.79 Å². The van der Waals surface area contributed by atoms with Crippen molar-refractivity contribution in [2.45, 2.75) is 6.92 Å². The second-order valence-corrected chi connectivity index (χ2v) is 7.09. The highest BCUT2D eigenvalue weighted by atomic mass is 127. The number of carbonyl (C=O) groups is 1. The van der Waals surface area contributed by atoms with Gasteiger partial charge >= 0.3 is 0 Å². The third-order valence-electron chi connectivity index (χ3n) is 2.47. The zero-order valence-corrected chi connectivity index (χ0v) is 15.3. The summed E-state index contributed by atoms with van der Waals surface area (Å²) in [6, 6.07) is 11.5. The van der Waals surface area contributed by atoms with Gasteiger partial charge in [-0.2, -0.15) is 0 Å². The Kier molecular flexibility index (Phi) is 5.03. The van der Waals surface area contributed by atoms with Crippen molar-refractivity contribution in [3.05, 3.63) is 60.0 Å². The van der Waals surface area contributed by atoms with Gasteiger partial charge in [0.15, 0.2) is 0 Å². The van der Waals surface area contributed by atoms with Gasteiger partial charge in [-0.15, -0.1) is 0 Å². The molecule has 0 saturated heterocycles. The molecule has 19 heavy (non-hydrogen) atoms. The summed E-state index contributed by atoms with van der Waals surface area (Å²) in [7, 11) is 0. The van der Waals surface area contributed by atoms with Crippen LogP contribution in [0, 0.1) is 10.5 Å². The van der Waals surface area contributed by atoms with Crippen LogP contribution in [0.3, 0.4) is 0 Å². The lowest BCUT2D eigenvalue weighted by Gasteiger charge is -2.09. The second kappa shape index (κ2) is 6.37. The Morgan fingerprint density at radius 1 is 1.11 bits per heavy atom. The van der Waals surface area contributed by atoms with Gasteiger partial charge in [-0.3, -0.25) is 4.79 Å². The third kappa shape index (κ3) is 4.03. The van der Waals surface area contributed by atoms with Gasteiger partial charge in [-0.1, -0.05) is 31.9 Å². The van der Waals surface area contributed by atoms with Gasteiger partial charge in [0.1, 0.15) is 0 Å². The molecule has 0 spiro atoms. The standard InChI is InChI=1S/C14H10Br2INO/c1-8-4-10(16)6-11(5-8)18-14(19)12-7-9(15)2-3-13(12)17/h2-7H,1H3,(H,18,19). The van der Waals surface area contributed by atoms with Crippen molar-refractivity contribution in [2.24, 2.45) is 0 Å². The number of rotatable bonds is 2. The topological polar surface area (TPSA) is 29.1 Å². The molecule has 0 aliphatic rings. The Morgan fingerprint density at radius 2 is 1.84 bits per heavy atom. The smallest absolute Gasteiger partial charge is 0.256 e. The normalized spacial score (nSPS) is 10.3. The van der Waals surface area contributed by atoms with E-state index in [0.717, 1.165) is 23.8 Å². The summed E-state index contributed by atoms with van der Waals surface area (Å²) in [5.74, 6) is -0.108. The molecule has 0 fully saturated rings. The van der Waals surface area contributed by atoms with Crippen LogP contribution < -0.4 is 5.32 Å². The number of anilines is 1. The molecule has 2 rings (SSSR count). The zero-order valence-electron chi connectivity index (χ0n) is 10.0. The van der Waals surface area contributed by atoms with Gasteiger partial charge in [0, 0.05) is 18.2 Å². The van der Waals surface area contributed by atoms with Crippen LogP contribution in [0.2, 0.25) is 0 Å². The van der Waals surface area contributed by atoms with Crippen LogP contribution in [0.5, 0.6) is 0 Å². The minimum Gasteiger partial charge on any atom is -0.322 e. The van der Waals surface area contributed by atoms with E-state index >= 15 is 0 Å². The summed E-state index contributed by atoms with van der Waals surface area (Å²) < 4.78 is 2.76. The Hall–Kier alpha value is -0.400. The molecule has 98 valence electrons. The van der Waals surface area contributed by atoms with Gasteiger partial charge in [0.2, 0.25) is 0 Å². The number of benzene rings is 2. The van der Waals surface area contributed by atoms with Crippen LogP contribution >= 0.6 is 54.5 Å². The Balaban J connectivity index is 2.28. The van der Waals surface area contributed by atoms with E-state index in [-0.39, 0.29) is 5.91 Å². The highest BCUT2D eigenvalue weighted by Crippen LogP contribution is 2.22. The molecular weight excluding hydrogens is 485 g/mol. The molecule has 0 aliphatic carbocycles. The molecule has 0 unspecified atom stereocenters. The molecule has 0 aromatic heterocycles. The van der Waals surface area contributed by atoms with Gasteiger partial charge in [-0.05, 0) is 71.5 Å². The summed E-state index contributed by atoms with van der Waals surface area (Å²) in [5.41, 5.74) is 2.54. The van der Waals surface area contributed by atoms with Crippen molar-refractivity contribution in [1.82, 2.24) is 0 Å². The molecule has 2 nitrogen and oxygen atoms in total. The van der Waals surface area contributed by atoms with E-state index in [4.69, 9.17) is 0 Å². The minimum atomic E-state index is -0.108. The molecule has 0 saturated carbocycles. The SMILES string of the molecule is Cc1cc(Br)cc(NC(=O)c2cc(Br)ccc2I)c1. The summed E-state index contributed by atoms with van der Waals surface area (Å²) in [6.07, 6.45) is 0. The Labute approximate surface area is 142 Å². The zero-order chi connectivity index (χ0) is 14.0. The minimum absolute atomic E-state index is 0.108. The van der Waals surface area contributed by atoms with E-state index < -0.39 is 0 Å². The molecule has 1 amide bonds. The fourth-order valence-electron chi connectivity index (χ4n) is 1.68. The average Bonchev–Trinajstić information content (AvgIpc) is 2.30. The molecule has 0 heterocycles. The number of carbonyl (C=O) groups excluding carboxylic acids is 1. The Bertz CT molecular complexity index is 623. The number of hydrogen-bond donors (Lipinski definition) is 1. The molecule has 0 aliphatic heterocycles. The second-order valence-electron chi connectivity index (χ2n) is 4.10. The van der Waals surface area contributed by atoms with Crippen LogP contribution in [0.1, 0.15) is 15.9 Å². The molecule has 0 radical (unpaired) electrons. The lowest BCUT2D eigenvalue weighted by atomic mass is 10.2. The number of halogens is 3. The lowest BCUT2D eigenvalue weighted by molar-refractivity contribution is 0.102. The van der Waals surface area contributed by atoms with Gasteiger partial charge in [-0.25, -0.2) is 0 Å². The first-order valence-electron chi connectivity index (χ1n) is 5.49. The molecule has 0 bridgehead atoms. The van der Waals surface area contributed by atoms with Crippen LogP contribution in [0.25, 0.3) is 0 Å². The first-order valence-corrected chi connectivity index (χ1v) is 8.16. The van der Waals surface area contributed by atoms with Crippen molar-refractivity contribution in [2.75, 3.05) is 5.32 Å². The fourth-order valence-corrected chi connectivity index (χ4v) is 3.23. The quantitative estimate of drug-likeness (QED) is 0.558. The van der Waals surface area contributed by atoms with E-state index in [0.29, 0.717) is 5.56 Å². The molecule has 0 atom stereocenters. The first-order chi connectivity index (χ1) is 8.95. The van der Waals surface area contributed by atoms with Crippen molar-refractivity contribution >= 4 is 66.0 Å². The number of amides is 1. The third-order valence-corrected chi connectivity index (χ3v) is 4.36. The molecular formula is C14H10Br2INO. The number of aryl methyl sites for hydroxylation is 1. The van der Waals surface area contributed by atoms with Crippen molar-refractivity contribution in [1.29, 1.82) is 0 Å². The predicted octanol–water partition coefficient (Wildman–Crippen LogP) is 5.38. The predicted molar refractivity (Wildman–Crippen MR) is 93.7 cm³/mol. The van der Waals surface area contributed by atoms with Gasteiger partial charge in [0.05, 0.1) is 5.56 Å². The van der Waals surface area contributed by atoms with Crippen LogP contribution in [0.4, 0.5) is 5.69 Å². The van der Waals surface area contributed by atoms with E-state index in [1.165, 1.54) is 0 Å². The monoisotopic (exact) mass is 493 g/mol. The lowest BCUT2D eigenvalue weighted by Crippen LogP contribution is -2.13. The van der Waals surface area contributed by atoms with E-state index in [1.807, 2.05) is 43.3 Å². The summed E-state index contributed by atoms with van der Waals surface area (Å²) in [5, 5.41) is 2.91. The Morgan fingerprint density at radius 3 is 2.53 bits per heavy atom. The van der Waals surface area contributed by atoms with Crippen molar-refractivity contribution < 1.29 is 4.79 Å². The molecule has 2 aromatic carbocycles. The summed E-state index contributed by atoms with van der Waals surface area (Å²) in [4.78, 5) is 12.3. The summed E-state index contributed by atoms with van der Waals surface area (Å²) >= 11 is 8.96. The van der Waals surface area contributed by atoms with Crippen molar-refractivity contribution in [3.8, 4) is 0 Å².